The highest BCUT2D eigenvalue weighted by atomic mass is 35.5. The van der Waals surface area contributed by atoms with Crippen LogP contribution in [-0.2, 0) is 13.5 Å². The molecule has 2 aromatic heterocycles. The summed E-state index contributed by atoms with van der Waals surface area (Å²) in [7, 11) is 1.86. The van der Waals surface area contributed by atoms with E-state index in [4.69, 9.17) is 11.6 Å². The zero-order chi connectivity index (χ0) is 14.7. The van der Waals surface area contributed by atoms with Crippen LogP contribution >= 0.6 is 11.6 Å². The van der Waals surface area contributed by atoms with E-state index in [0.717, 1.165) is 23.5 Å². The van der Waals surface area contributed by atoms with Crippen LogP contribution in [0.3, 0.4) is 0 Å². The van der Waals surface area contributed by atoms with Gasteiger partial charge in [0.25, 0.3) is 0 Å². The largest absolute Gasteiger partial charge is 0.310 e. The van der Waals surface area contributed by atoms with Crippen LogP contribution in [0.15, 0.2) is 18.5 Å². The summed E-state index contributed by atoms with van der Waals surface area (Å²) >= 11 is 6.28. The minimum atomic E-state index is -0.335. The quantitative estimate of drug-likeness (QED) is 0.922. The molecule has 4 nitrogen and oxygen atoms in total. The molecule has 108 valence electrons. The van der Waals surface area contributed by atoms with E-state index >= 15 is 0 Å². The predicted octanol–water partition coefficient (Wildman–Crippen LogP) is 2.81. The lowest BCUT2D eigenvalue weighted by Gasteiger charge is -2.18. The summed E-state index contributed by atoms with van der Waals surface area (Å²) in [6.07, 6.45) is 3.51. The third-order valence-electron chi connectivity index (χ3n) is 3.24. The molecule has 0 aliphatic heterocycles. The van der Waals surface area contributed by atoms with Crippen molar-refractivity contribution in [3.05, 3.63) is 46.3 Å². The minimum absolute atomic E-state index is 0.0458. The van der Waals surface area contributed by atoms with Crippen LogP contribution in [0.4, 0.5) is 4.39 Å². The second-order valence-corrected chi connectivity index (χ2v) is 5.10. The highest BCUT2D eigenvalue weighted by Gasteiger charge is 2.18. The van der Waals surface area contributed by atoms with E-state index in [9.17, 15) is 4.39 Å². The van der Waals surface area contributed by atoms with Gasteiger partial charge in [-0.3, -0.25) is 9.67 Å². The number of aromatic nitrogens is 3. The summed E-state index contributed by atoms with van der Waals surface area (Å²) in [5.74, 6) is -0.335. The third-order valence-corrected chi connectivity index (χ3v) is 3.73. The normalized spacial score (nSPS) is 12.7. The molecule has 0 aliphatic carbocycles. The van der Waals surface area contributed by atoms with E-state index in [-0.39, 0.29) is 11.9 Å². The van der Waals surface area contributed by atoms with Crippen molar-refractivity contribution in [3.8, 4) is 0 Å². The molecular formula is C14H18ClFN4. The van der Waals surface area contributed by atoms with Crippen LogP contribution in [0.2, 0.25) is 5.02 Å². The van der Waals surface area contributed by atoms with Crippen molar-refractivity contribution in [3.63, 3.8) is 0 Å². The van der Waals surface area contributed by atoms with Crippen molar-refractivity contribution in [2.45, 2.75) is 26.3 Å². The maximum absolute atomic E-state index is 13.3. The average Bonchev–Trinajstić information content (AvgIpc) is 2.64. The van der Waals surface area contributed by atoms with Gasteiger partial charge in [0.05, 0.1) is 22.6 Å². The number of nitrogens with zero attached hydrogens (tertiary/aromatic N) is 3. The fourth-order valence-corrected chi connectivity index (χ4v) is 2.51. The number of nitrogens with one attached hydrogen (secondary N) is 1. The molecule has 0 saturated carbocycles. The number of pyridine rings is 1. The van der Waals surface area contributed by atoms with E-state index in [2.05, 4.69) is 15.4 Å². The first kappa shape index (κ1) is 14.9. The van der Waals surface area contributed by atoms with Crippen molar-refractivity contribution in [2.75, 3.05) is 6.54 Å². The van der Waals surface area contributed by atoms with Crippen LogP contribution in [0.5, 0.6) is 0 Å². The van der Waals surface area contributed by atoms with Gasteiger partial charge >= 0.3 is 0 Å². The third kappa shape index (κ3) is 3.16. The van der Waals surface area contributed by atoms with Crippen molar-refractivity contribution in [1.29, 1.82) is 0 Å². The molecule has 0 bridgehead atoms. The van der Waals surface area contributed by atoms with Gasteiger partial charge < -0.3 is 5.32 Å². The molecule has 0 saturated heterocycles. The first-order valence-electron chi connectivity index (χ1n) is 6.54. The van der Waals surface area contributed by atoms with E-state index in [1.54, 1.807) is 10.9 Å². The van der Waals surface area contributed by atoms with Crippen molar-refractivity contribution in [1.82, 2.24) is 20.1 Å². The van der Waals surface area contributed by atoms with Gasteiger partial charge in [-0.15, -0.1) is 0 Å². The number of likely N-dealkylation sites (N-methyl/N-ethyl adjacent to an activating group) is 1. The summed E-state index contributed by atoms with van der Waals surface area (Å²) in [5.41, 5.74) is 2.54. The van der Waals surface area contributed by atoms with Gasteiger partial charge in [0, 0.05) is 25.7 Å². The summed E-state index contributed by atoms with van der Waals surface area (Å²) in [4.78, 5) is 3.91. The molecule has 2 heterocycles. The molecule has 2 aromatic rings. The molecule has 1 atom stereocenters. The first-order chi connectivity index (χ1) is 9.52. The predicted molar refractivity (Wildman–Crippen MR) is 77.3 cm³/mol. The Hall–Kier alpha value is -1.46. The lowest BCUT2D eigenvalue weighted by Crippen LogP contribution is -2.24. The van der Waals surface area contributed by atoms with Crippen molar-refractivity contribution in [2.24, 2.45) is 7.05 Å². The van der Waals surface area contributed by atoms with Crippen LogP contribution < -0.4 is 5.32 Å². The van der Waals surface area contributed by atoms with Crippen LogP contribution in [0.25, 0.3) is 0 Å². The Morgan fingerprint density at radius 2 is 2.20 bits per heavy atom. The zero-order valence-corrected chi connectivity index (χ0v) is 12.6. The van der Waals surface area contributed by atoms with E-state index < -0.39 is 0 Å². The van der Waals surface area contributed by atoms with Gasteiger partial charge in [-0.2, -0.15) is 5.10 Å². The Balaban J connectivity index is 2.30. The molecule has 0 spiro atoms. The topological polar surface area (TPSA) is 42.7 Å². The number of hydrogen-bond donors (Lipinski definition) is 1. The second-order valence-electron chi connectivity index (χ2n) is 4.72. The van der Waals surface area contributed by atoms with Gasteiger partial charge in [0.15, 0.2) is 0 Å². The standard InChI is InChI=1S/C14H18ClFN4/c1-4-18-12(10-5-11(16)8-17-7-10)6-13-14(15)9(2)19-20(13)3/h5,7-8,12,18H,4,6H2,1-3H3. The SMILES string of the molecule is CCNC(Cc1c(Cl)c(C)nn1C)c1cncc(F)c1. The molecule has 1 N–H and O–H groups in total. The van der Waals surface area contributed by atoms with Crippen molar-refractivity contribution >= 4 is 11.6 Å². The maximum Gasteiger partial charge on any atom is 0.141 e. The fraction of sp³-hybridized carbons (Fsp3) is 0.429. The lowest BCUT2D eigenvalue weighted by molar-refractivity contribution is 0.521. The highest BCUT2D eigenvalue weighted by molar-refractivity contribution is 6.31. The molecule has 20 heavy (non-hydrogen) atoms. The number of rotatable bonds is 5. The first-order valence-corrected chi connectivity index (χ1v) is 6.92. The van der Waals surface area contributed by atoms with E-state index in [1.807, 2.05) is 20.9 Å². The summed E-state index contributed by atoms with van der Waals surface area (Å²) in [5, 5.41) is 8.30. The molecular weight excluding hydrogens is 279 g/mol. The van der Waals surface area contributed by atoms with Gasteiger partial charge in [0.2, 0.25) is 0 Å². The number of halogens is 2. The van der Waals surface area contributed by atoms with Crippen LogP contribution in [0.1, 0.15) is 29.9 Å². The Labute approximate surface area is 123 Å². The zero-order valence-electron chi connectivity index (χ0n) is 11.8. The summed E-state index contributed by atoms with van der Waals surface area (Å²) in [6.45, 7) is 4.66. The molecule has 0 amide bonds. The number of hydrogen-bond acceptors (Lipinski definition) is 3. The average molecular weight is 297 g/mol. The van der Waals surface area contributed by atoms with Crippen molar-refractivity contribution < 1.29 is 4.39 Å². The maximum atomic E-state index is 13.3. The summed E-state index contributed by atoms with van der Waals surface area (Å²) < 4.78 is 15.1. The second kappa shape index (κ2) is 6.33. The van der Waals surface area contributed by atoms with Gasteiger partial charge in [-0.25, -0.2) is 4.39 Å². The summed E-state index contributed by atoms with van der Waals surface area (Å²) in [6, 6.07) is 1.45. The molecule has 2 rings (SSSR count). The van der Waals surface area contributed by atoms with Crippen LogP contribution in [0, 0.1) is 12.7 Å². The molecule has 0 aliphatic rings. The Bertz CT molecular complexity index is 597. The molecule has 0 fully saturated rings. The van der Waals surface area contributed by atoms with E-state index in [0.29, 0.717) is 11.4 Å². The molecule has 6 heteroatoms. The van der Waals surface area contributed by atoms with Gasteiger partial charge in [0.1, 0.15) is 5.82 Å². The van der Waals surface area contributed by atoms with Crippen LogP contribution in [-0.4, -0.2) is 21.3 Å². The molecule has 1 unspecified atom stereocenters. The van der Waals surface area contributed by atoms with Gasteiger partial charge in [-0.05, 0) is 25.1 Å². The van der Waals surface area contributed by atoms with Gasteiger partial charge in [-0.1, -0.05) is 18.5 Å². The minimum Gasteiger partial charge on any atom is -0.310 e. The molecule has 0 aromatic carbocycles. The Morgan fingerprint density at radius 3 is 2.75 bits per heavy atom. The number of aryl methyl sites for hydroxylation is 2. The monoisotopic (exact) mass is 296 g/mol. The Morgan fingerprint density at radius 1 is 1.45 bits per heavy atom. The Kier molecular flexibility index (Phi) is 4.73. The fourth-order valence-electron chi connectivity index (χ4n) is 2.27. The smallest absolute Gasteiger partial charge is 0.141 e. The highest BCUT2D eigenvalue weighted by Crippen LogP contribution is 2.25. The molecule has 0 radical (unpaired) electrons. The van der Waals surface area contributed by atoms with E-state index in [1.165, 1.54) is 12.3 Å². The lowest BCUT2D eigenvalue weighted by atomic mass is 10.0.